The molecule has 154 valence electrons. The van der Waals surface area contributed by atoms with Gasteiger partial charge in [-0.05, 0) is 88.2 Å². The topological polar surface area (TPSA) is 44.1 Å². The highest BCUT2D eigenvalue weighted by Crippen LogP contribution is 2.60. The highest BCUT2D eigenvalue weighted by molar-refractivity contribution is 5.79. The lowest BCUT2D eigenvalue weighted by Crippen LogP contribution is -2.51. The van der Waals surface area contributed by atoms with Gasteiger partial charge in [0.25, 0.3) is 0 Å². The van der Waals surface area contributed by atoms with Crippen LogP contribution >= 0.6 is 0 Å². The van der Waals surface area contributed by atoms with Crippen molar-refractivity contribution in [2.24, 2.45) is 23.2 Å². The highest BCUT2D eigenvalue weighted by Gasteiger charge is 2.55. The molecule has 0 N–H and O–H groups in total. The second kappa shape index (κ2) is 7.00. The van der Waals surface area contributed by atoms with E-state index in [0.717, 1.165) is 66.8 Å². The molecule has 0 atom stereocenters. The van der Waals surface area contributed by atoms with Crippen molar-refractivity contribution in [3.05, 3.63) is 41.1 Å². The second-order valence-corrected chi connectivity index (χ2v) is 10.0. The van der Waals surface area contributed by atoms with Gasteiger partial charge in [0, 0.05) is 6.07 Å². The number of hydrogen-bond donors (Lipinski definition) is 0. The van der Waals surface area contributed by atoms with E-state index in [0.29, 0.717) is 5.88 Å². The van der Waals surface area contributed by atoms with E-state index in [-0.39, 0.29) is 11.4 Å². The van der Waals surface area contributed by atoms with Gasteiger partial charge in [0.05, 0.1) is 16.8 Å². The summed E-state index contributed by atoms with van der Waals surface area (Å²) >= 11 is 0. The number of esters is 1. The van der Waals surface area contributed by atoms with Crippen LogP contribution in [-0.2, 0) is 11.2 Å². The molecule has 0 unspecified atom stereocenters. The van der Waals surface area contributed by atoms with Crippen LogP contribution in [0.25, 0.3) is 5.69 Å². The minimum absolute atomic E-state index is 0.00874. The Kier molecular flexibility index (Phi) is 4.56. The monoisotopic (exact) mass is 392 g/mol. The standard InChI is InChI=1S/C25H32N2O2/c1-4-5-21-12-23(27(26-21)22-7-6-16(2)8-17(22)3)29-24(28)25-13-18-9-19(14-25)11-20(10-18)15-25/h6-8,12,18-20H,4-5,9-11,13-15H2,1-3H3. The molecule has 2 aromatic rings. The van der Waals surface area contributed by atoms with Gasteiger partial charge < -0.3 is 4.74 Å². The molecule has 1 heterocycles. The fourth-order valence-electron chi connectivity index (χ4n) is 6.64. The summed E-state index contributed by atoms with van der Waals surface area (Å²) < 4.78 is 8.00. The van der Waals surface area contributed by atoms with E-state index in [4.69, 9.17) is 9.84 Å². The van der Waals surface area contributed by atoms with Crippen molar-refractivity contribution in [1.82, 2.24) is 9.78 Å². The fourth-order valence-corrected chi connectivity index (χ4v) is 6.64. The van der Waals surface area contributed by atoms with Crippen LogP contribution in [-0.4, -0.2) is 15.7 Å². The molecular weight excluding hydrogens is 360 g/mol. The zero-order valence-corrected chi connectivity index (χ0v) is 17.9. The molecule has 4 saturated carbocycles. The molecule has 0 saturated heterocycles. The Morgan fingerprint density at radius 2 is 1.76 bits per heavy atom. The molecular formula is C25H32N2O2. The number of aryl methyl sites for hydroxylation is 3. The maximum Gasteiger partial charge on any atom is 0.318 e. The Hall–Kier alpha value is -2.10. The maximum absolute atomic E-state index is 13.5. The Labute approximate surface area is 173 Å². The van der Waals surface area contributed by atoms with E-state index in [1.165, 1.54) is 24.8 Å². The molecule has 0 amide bonds. The third-order valence-electron chi connectivity index (χ3n) is 7.48. The molecule has 0 aliphatic heterocycles. The highest BCUT2D eigenvalue weighted by atomic mass is 16.5. The summed E-state index contributed by atoms with van der Waals surface area (Å²) in [5.41, 5.74) is 4.09. The van der Waals surface area contributed by atoms with Gasteiger partial charge in [-0.1, -0.05) is 31.0 Å². The second-order valence-electron chi connectivity index (χ2n) is 10.0. The van der Waals surface area contributed by atoms with Crippen LogP contribution in [0.3, 0.4) is 0 Å². The van der Waals surface area contributed by atoms with Crippen LogP contribution in [0.2, 0.25) is 0 Å². The summed E-state index contributed by atoms with van der Waals surface area (Å²) in [4.78, 5) is 13.5. The lowest BCUT2D eigenvalue weighted by atomic mass is 9.49. The smallest absolute Gasteiger partial charge is 0.318 e. The molecule has 29 heavy (non-hydrogen) atoms. The number of nitrogens with zero attached hydrogens (tertiary/aromatic N) is 2. The van der Waals surface area contributed by atoms with Crippen LogP contribution in [0.5, 0.6) is 5.88 Å². The van der Waals surface area contributed by atoms with Gasteiger partial charge in [0.1, 0.15) is 0 Å². The number of rotatable bonds is 5. The molecule has 4 aliphatic rings. The summed E-state index contributed by atoms with van der Waals surface area (Å²) in [6, 6.07) is 8.30. The molecule has 1 aromatic carbocycles. The van der Waals surface area contributed by atoms with E-state index in [9.17, 15) is 4.79 Å². The molecule has 4 nitrogen and oxygen atoms in total. The van der Waals surface area contributed by atoms with E-state index >= 15 is 0 Å². The average molecular weight is 393 g/mol. The average Bonchev–Trinajstić information content (AvgIpc) is 3.03. The summed E-state index contributed by atoms with van der Waals surface area (Å²) in [7, 11) is 0. The van der Waals surface area contributed by atoms with E-state index in [1.807, 2.05) is 10.7 Å². The SMILES string of the molecule is CCCc1cc(OC(=O)C23CC4CC(CC(C4)C2)C3)n(-c2ccc(C)cc2C)n1. The minimum Gasteiger partial charge on any atom is -0.407 e. The van der Waals surface area contributed by atoms with Gasteiger partial charge in [-0.2, -0.15) is 5.10 Å². The molecule has 1 aromatic heterocycles. The first kappa shape index (κ1) is 18.9. The molecule has 4 fully saturated rings. The van der Waals surface area contributed by atoms with Crippen LogP contribution in [0.15, 0.2) is 24.3 Å². The number of ether oxygens (including phenoxy) is 1. The number of aromatic nitrogens is 2. The van der Waals surface area contributed by atoms with Gasteiger partial charge in [-0.25, -0.2) is 4.68 Å². The number of carbonyl (C=O) groups excluding carboxylic acids is 1. The first-order chi connectivity index (χ1) is 14.0. The third-order valence-corrected chi connectivity index (χ3v) is 7.48. The predicted octanol–water partition coefficient (Wildman–Crippen LogP) is 5.56. The molecule has 0 radical (unpaired) electrons. The lowest BCUT2D eigenvalue weighted by molar-refractivity contribution is -0.162. The maximum atomic E-state index is 13.5. The van der Waals surface area contributed by atoms with Crippen molar-refractivity contribution in [2.45, 2.75) is 72.1 Å². The molecule has 0 spiro atoms. The van der Waals surface area contributed by atoms with Crippen molar-refractivity contribution >= 4 is 5.97 Å². The van der Waals surface area contributed by atoms with Crippen LogP contribution in [0.1, 0.15) is 68.7 Å². The number of hydrogen-bond acceptors (Lipinski definition) is 3. The number of carbonyl (C=O) groups is 1. The van der Waals surface area contributed by atoms with E-state index in [1.54, 1.807) is 0 Å². The largest absolute Gasteiger partial charge is 0.407 e. The van der Waals surface area contributed by atoms with Gasteiger partial charge >= 0.3 is 5.97 Å². The minimum atomic E-state index is -0.253. The van der Waals surface area contributed by atoms with Gasteiger partial charge in [-0.3, -0.25) is 4.79 Å². The van der Waals surface area contributed by atoms with Crippen molar-refractivity contribution in [3.63, 3.8) is 0 Å². The summed E-state index contributed by atoms with van der Waals surface area (Å²) in [6.45, 7) is 6.34. The normalized spacial score (nSPS) is 30.0. The summed E-state index contributed by atoms with van der Waals surface area (Å²) in [6.07, 6.45) is 8.97. The van der Waals surface area contributed by atoms with Gasteiger partial charge in [0.15, 0.2) is 0 Å². The van der Waals surface area contributed by atoms with Crippen molar-refractivity contribution < 1.29 is 9.53 Å². The Bertz CT molecular complexity index is 907. The predicted molar refractivity (Wildman–Crippen MR) is 113 cm³/mol. The van der Waals surface area contributed by atoms with Crippen molar-refractivity contribution in [2.75, 3.05) is 0 Å². The fraction of sp³-hybridized carbons (Fsp3) is 0.600. The third kappa shape index (κ3) is 3.31. The van der Waals surface area contributed by atoms with E-state index < -0.39 is 0 Å². The molecule has 6 rings (SSSR count). The van der Waals surface area contributed by atoms with Crippen LogP contribution in [0, 0.1) is 37.0 Å². The Morgan fingerprint density at radius 1 is 1.10 bits per heavy atom. The first-order valence-corrected chi connectivity index (χ1v) is 11.3. The lowest BCUT2D eigenvalue weighted by Gasteiger charge is -2.55. The van der Waals surface area contributed by atoms with Crippen LogP contribution in [0.4, 0.5) is 0 Å². The van der Waals surface area contributed by atoms with Gasteiger partial charge in [0.2, 0.25) is 5.88 Å². The first-order valence-electron chi connectivity index (χ1n) is 11.3. The quantitative estimate of drug-likeness (QED) is 0.625. The van der Waals surface area contributed by atoms with Gasteiger partial charge in [-0.15, -0.1) is 0 Å². The molecule has 4 bridgehead atoms. The summed E-state index contributed by atoms with van der Waals surface area (Å²) in [5.74, 6) is 2.77. The summed E-state index contributed by atoms with van der Waals surface area (Å²) in [5, 5.41) is 4.80. The Morgan fingerprint density at radius 3 is 2.34 bits per heavy atom. The van der Waals surface area contributed by atoms with Crippen molar-refractivity contribution in [1.29, 1.82) is 0 Å². The van der Waals surface area contributed by atoms with E-state index in [2.05, 4.69) is 39.0 Å². The van der Waals surface area contributed by atoms with Crippen LogP contribution < -0.4 is 4.74 Å². The zero-order chi connectivity index (χ0) is 20.2. The zero-order valence-electron chi connectivity index (χ0n) is 17.9. The Balaban J connectivity index is 1.47. The van der Waals surface area contributed by atoms with Crippen molar-refractivity contribution in [3.8, 4) is 11.6 Å². The molecule has 4 aliphatic carbocycles. The number of benzene rings is 1. The molecule has 4 heteroatoms.